The first-order chi connectivity index (χ1) is 19.5. The van der Waals surface area contributed by atoms with Gasteiger partial charge in [0.25, 0.3) is 5.91 Å². The molecule has 0 aliphatic carbocycles. The number of ether oxygens (including phenoxy) is 1. The van der Waals surface area contributed by atoms with Gasteiger partial charge < -0.3 is 14.5 Å². The summed E-state index contributed by atoms with van der Waals surface area (Å²) in [5.74, 6) is 0.320. The number of anilines is 1. The summed E-state index contributed by atoms with van der Waals surface area (Å²) in [4.78, 5) is 29.6. The molecule has 1 fully saturated rings. The molecule has 1 aliphatic rings. The molecule has 9 heteroatoms. The highest BCUT2D eigenvalue weighted by Crippen LogP contribution is 2.28. The van der Waals surface area contributed by atoms with E-state index < -0.39 is 20.7 Å². The summed E-state index contributed by atoms with van der Waals surface area (Å²) in [6, 6.07) is 23.1. The van der Waals surface area contributed by atoms with Crippen LogP contribution in [0.5, 0.6) is 5.75 Å². The van der Waals surface area contributed by atoms with Crippen LogP contribution in [-0.4, -0.2) is 62.7 Å². The van der Waals surface area contributed by atoms with Crippen LogP contribution >= 0.6 is 0 Å². The number of hydrogen-bond acceptors (Lipinski definition) is 6. The minimum atomic E-state index is -3.79. The molecule has 0 spiro atoms. The van der Waals surface area contributed by atoms with Crippen molar-refractivity contribution < 1.29 is 22.7 Å². The summed E-state index contributed by atoms with van der Waals surface area (Å²) in [5.41, 5.74) is 4.52. The van der Waals surface area contributed by atoms with E-state index in [-0.39, 0.29) is 11.5 Å². The molecule has 8 nitrogen and oxygen atoms in total. The smallest absolute Gasteiger partial charge is 0.264 e. The third-order valence-corrected chi connectivity index (χ3v) is 9.31. The lowest BCUT2D eigenvalue weighted by Gasteiger charge is -2.36. The van der Waals surface area contributed by atoms with E-state index in [0.29, 0.717) is 45.6 Å². The molecule has 0 aromatic heterocycles. The molecule has 3 aromatic rings. The standard InChI is InChI=1S/C32H39N3O5S/c1-5-40-28-11-8-10-26(23-28)29-12-7-6-9-24(29)15-18-30(36)35-21-19-34(20-22-35)27-16-13-25(14-17-27)31(37)33-41(38,39)32(2,3)4/h6-14,16-17,23H,5,15,18-22H2,1-4H3,(H,33,37). The third kappa shape index (κ3) is 7.47. The van der Waals surface area contributed by atoms with Crippen LogP contribution in [0.4, 0.5) is 5.69 Å². The van der Waals surface area contributed by atoms with Gasteiger partial charge in [0, 0.05) is 43.9 Å². The first kappa shape index (κ1) is 30.1. The lowest BCUT2D eigenvalue weighted by atomic mass is 9.96. The molecule has 3 aromatic carbocycles. The molecule has 0 bridgehead atoms. The molecule has 0 saturated carbocycles. The van der Waals surface area contributed by atoms with Crippen molar-refractivity contribution in [2.45, 2.75) is 45.3 Å². The number of nitrogens with one attached hydrogen (secondary N) is 1. The normalized spacial score (nSPS) is 14.0. The Balaban J connectivity index is 1.31. The van der Waals surface area contributed by atoms with E-state index in [1.807, 2.05) is 54.3 Å². The Morgan fingerprint density at radius 3 is 2.24 bits per heavy atom. The van der Waals surface area contributed by atoms with Crippen LogP contribution in [-0.2, 0) is 21.2 Å². The average molecular weight is 578 g/mol. The zero-order valence-corrected chi connectivity index (χ0v) is 25.0. The maximum atomic E-state index is 13.1. The maximum absolute atomic E-state index is 13.1. The molecule has 1 heterocycles. The van der Waals surface area contributed by atoms with E-state index >= 15 is 0 Å². The van der Waals surface area contributed by atoms with Crippen LogP contribution in [0, 0.1) is 0 Å². The van der Waals surface area contributed by atoms with Gasteiger partial charge >= 0.3 is 0 Å². The highest BCUT2D eigenvalue weighted by molar-refractivity contribution is 7.91. The van der Waals surface area contributed by atoms with Crippen LogP contribution in [0.1, 0.15) is 50.0 Å². The Kier molecular flexibility index (Phi) is 9.38. The van der Waals surface area contributed by atoms with Gasteiger partial charge in [-0.05, 0) is 87.2 Å². The van der Waals surface area contributed by atoms with Gasteiger partial charge in [-0.15, -0.1) is 0 Å². The highest BCUT2D eigenvalue weighted by Gasteiger charge is 2.31. The summed E-state index contributed by atoms with van der Waals surface area (Å²) in [6.07, 6.45) is 1.09. The number of hydrogen-bond donors (Lipinski definition) is 1. The van der Waals surface area contributed by atoms with Gasteiger partial charge in [-0.3, -0.25) is 9.59 Å². The van der Waals surface area contributed by atoms with E-state index in [0.717, 1.165) is 28.1 Å². The van der Waals surface area contributed by atoms with Crippen LogP contribution in [0.2, 0.25) is 0 Å². The quantitative estimate of drug-likeness (QED) is 0.389. The molecule has 1 saturated heterocycles. The van der Waals surface area contributed by atoms with Gasteiger partial charge in [0.05, 0.1) is 11.4 Å². The zero-order chi connectivity index (χ0) is 29.6. The van der Waals surface area contributed by atoms with Gasteiger partial charge in [0.15, 0.2) is 0 Å². The van der Waals surface area contributed by atoms with Gasteiger partial charge in [-0.25, -0.2) is 13.1 Å². The molecule has 2 amide bonds. The Morgan fingerprint density at radius 1 is 0.902 bits per heavy atom. The number of amides is 2. The predicted octanol–water partition coefficient (Wildman–Crippen LogP) is 4.89. The van der Waals surface area contributed by atoms with Crippen molar-refractivity contribution >= 4 is 27.5 Å². The Labute approximate surface area is 243 Å². The lowest BCUT2D eigenvalue weighted by Crippen LogP contribution is -2.48. The van der Waals surface area contributed by atoms with Crippen molar-refractivity contribution in [3.8, 4) is 16.9 Å². The number of sulfonamides is 1. The molecule has 1 aliphatic heterocycles. The summed E-state index contributed by atoms with van der Waals surface area (Å²) in [6.45, 7) is 9.78. The molecule has 0 atom stereocenters. The number of nitrogens with zero attached hydrogens (tertiary/aromatic N) is 2. The number of piperazine rings is 1. The van der Waals surface area contributed by atoms with Crippen molar-refractivity contribution in [2.75, 3.05) is 37.7 Å². The molecule has 1 N–H and O–H groups in total. The number of benzene rings is 3. The summed E-state index contributed by atoms with van der Waals surface area (Å²) < 4.78 is 31.3. The molecular formula is C32H39N3O5S. The monoisotopic (exact) mass is 577 g/mol. The summed E-state index contributed by atoms with van der Waals surface area (Å²) in [5, 5.41) is 0. The molecule has 41 heavy (non-hydrogen) atoms. The molecule has 0 radical (unpaired) electrons. The van der Waals surface area contributed by atoms with Gasteiger partial charge in [0.1, 0.15) is 5.75 Å². The second kappa shape index (κ2) is 12.8. The minimum Gasteiger partial charge on any atom is -0.494 e. The second-order valence-electron chi connectivity index (χ2n) is 11.1. The van der Waals surface area contributed by atoms with Crippen molar-refractivity contribution in [1.82, 2.24) is 9.62 Å². The van der Waals surface area contributed by atoms with Crippen molar-refractivity contribution in [1.29, 1.82) is 0 Å². The zero-order valence-electron chi connectivity index (χ0n) is 24.2. The Hall–Kier alpha value is -3.85. The fraction of sp³-hybridized carbons (Fsp3) is 0.375. The third-order valence-electron chi connectivity index (χ3n) is 7.24. The molecule has 0 unspecified atom stereocenters. The fourth-order valence-electron chi connectivity index (χ4n) is 4.71. The second-order valence-corrected chi connectivity index (χ2v) is 13.5. The Morgan fingerprint density at radius 2 is 1.59 bits per heavy atom. The van der Waals surface area contributed by atoms with Gasteiger partial charge in [0.2, 0.25) is 15.9 Å². The maximum Gasteiger partial charge on any atom is 0.264 e. The van der Waals surface area contributed by atoms with E-state index in [2.05, 4.69) is 27.8 Å². The molecular weight excluding hydrogens is 538 g/mol. The van der Waals surface area contributed by atoms with E-state index in [4.69, 9.17) is 4.74 Å². The van der Waals surface area contributed by atoms with Gasteiger partial charge in [-0.1, -0.05) is 36.4 Å². The molecule has 4 rings (SSSR count). The van der Waals surface area contributed by atoms with Crippen molar-refractivity contribution in [2.24, 2.45) is 0 Å². The summed E-state index contributed by atoms with van der Waals surface area (Å²) in [7, 11) is -3.79. The first-order valence-corrected chi connectivity index (χ1v) is 15.5. The van der Waals surface area contributed by atoms with Crippen LogP contribution in [0.15, 0.2) is 72.8 Å². The van der Waals surface area contributed by atoms with E-state index in [1.165, 1.54) is 0 Å². The lowest BCUT2D eigenvalue weighted by molar-refractivity contribution is -0.131. The Bertz CT molecular complexity index is 1470. The largest absolute Gasteiger partial charge is 0.494 e. The predicted molar refractivity (Wildman–Crippen MR) is 163 cm³/mol. The van der Waals surface area contributed by atoms with Crippen molar-refractivity contribution in [3.63, 3.8) is 0 Å². The number of carbonyl (C=O) groups excluding carboxylic acids is 2. The first-order valence-electron chi connectivity index (χ1n) is 14.0. The minimum absolute atomic E-state index is 0.134. The average Bonchev–Trinajstić information content (AvgIpc) is 2.96. The number of rotatable bonds is 9. The van der Waals surface area contributed by atoms with Crippen LogP contribution < -0.4 is 14.4 Å². The highest BCUT2D eigenvalue weighted by atomic mass is 32.2. The van der Waals surface area contributed by atoms with E-state index in [9.17, 15) is 18.0 Å². The topological polar surface area (TPSA) is 96.0 Å². The van der Waals surface area contributed by atoms with Crippen LogP contribution in [0.3, 0.4) is 0 Å². The van der Waals surface area contributed by atoms with Crippen LogP contribution in [0.25, 0.3) is 11.1 Å². The molecule has 218 valence electrons. The van der Waals surface area contributed by atoms with Crippen molar-refractivity contribution in [3.05, 3.63) is 83.9 Å². The van der Waals surface area contributed by atoms with Gasteiger partial charge in [-0.2, -0.15) is 0 Å². The number of carbonyl (C=O) groups is 2. The summed E-state index contributed by atoms with van der Waals surface area (Å²) >= 11 is 0. The SMILES string of the molecule is CCOc1cccc(-c2ccccc2CCC(=O)N2CCN(c3ccc(C(=O)NS(=O)(=O)C(C)(C)C)cc3)CC2)c1. The fourth-order valence-corrected chi connectivity index (χ4v) is 5.38. The van der Waals surface area contributed by atoms with E-state index in [1.54, 1.807) is 32.9 Å². The number of aryl methyl sites for hydroxylation is 1.